The van der Waals surface area contributed by atoms with Gasteiger partial charge in [0.2, 0.25) is 0 Å². The maximum atomic E-state index is 12.4. The third-order valence-electron chi connectivity index (χ3n) is 3.80. The number of nitrogens with zero attached hydrogens (tertiary/aromatic N) is 2. The second kappa shape index (κ2) is 7.93. The predicted molar refractivity (Wildman–Crippen MR) is 102 cm³/mol. The Morgan fingerprint density at radius 1 is 0.926 bits per heavy atom. The number of hydrogen-bond donors (Lipinski definition) is 2. The Balaban J connectivity index is 1.73. The van der Waals surface area contributed by atoms with Crippen molar-refractivity contribution >= 4 is 23.2 Å². The molecule has 3 rings (SSSR count). The monoisotopic (exact) mass is 356 g/mol. The van der Waals surface area contributed by atoms with E-state index < -0.39 is 5.91 Å². The normalized spacial score (nSPS) is 9.93. The minimum atomic E-state index is -0.395. The van der Waals surface area contributed by atoms with Crippen LogP contribution in [-0.2, 0) is 0 Å². The fourth-order valence-electron chi connectivity index (χ4n) is 2.45. The van der Waals surface area contributed by atoms with Crippen LogP contribution in [0.1, 0.15) is 32.0 Å². The standard InChI is InChI=1S/C21H16N4O2/c1-14-3-2-4-18(11-14)25-21(27)19-12-16(9-10-23-19)20(26)24-17-7-5-15(13-22)6-8-17/h2-12H,1H3,(H,24,26)(H,25,27). The van der Waals surface area contributed by atoms with Gasteiger partial charge in [0, 0.05) is 23.1 Å². The van der Waals surface area contributed by atoms with Crippen molar-refractivity contribution in [3.8, 4) is 6.07 Å². The number of carbonyl (C=O) groups excluding carboxylic acids is 2. The summed E-state index contributed by atoms with van der Waals surface area (Å²) in [4.78, 5) is 28.8. The molecule has 6 nitrogen and oxygen atoms in total. The van der Waals surface area contributed by atoms with E-state index >= 15 is 0 Å². The van der Waals surface area contributed by atoms with Crippen molar-refractivity contribution in [2.75, 3.05) is 10.6 Å². The van der Waals surface area contributed by atoms with Gasteiger partial charge in [-0.1, -0.05) is 12.1 Å². The zero-order valence-electron chi connectivity index (χ0n) is 14.6. The summed E-state index contributed by atoms with van der Waals surface area (Å²) < 4.78 is 0. The van der Waals surface area contributed by atoms with Crippen molar-refractivity contribution in [1.82, 2.24) is 4.98 Å². The van der Waals surface area contributed by atoms with E-state index in [0.717, 1.165) is 5.56 Å². The molecule has 2 amide bonds. The molecule has 0 radical (unpaired) electrons. The average molecular weight is 356 g/mol. The lowest BCUT2D eigenvalue weighted by molar-refractivity contribution is 0.102. The second-order valence-electron chi connectivity index (χ2n) is 5.90. The Labute approximate surface area is 156 Å². The first-order valence-electron chi connectivity index (χ1n) is 8.21. The summed E-state index contributed by atoms with van der Waals surface area (Å²) >= 11 is 0. The first kappa shape index (κ1) is 17.8. The smallest absolute Gasteiger partial charge is 0.274 e. The van der Waals surface area contributed by atoms with Crippen LogP contribution in [0.4, 0.5) is 11.4 Å². The highest BCUT2D eigenvalue weighted by molar-refractivity contribution is 6.07. The van der Waals surface area contributed by atoms with Gasteiger partial charge in [0.25, 0.3) is 11.8 Å². The van der Waals surface area contributed by atoms with Crippen LogP contribution in [0.5, 0.6) is 0 Å². The molecule has 1 heterocycles. The number of aryl methyl sites for hydroxylation is 1. The molecule has 0 unspecified atom stereocenters. The first-order chi connectivity index (χ1) is 13.0. The van der Waals surface area contributed by atoms with Crippen LogP contribution in [0.3, 0.4) is 0 Å². The number of aromatic nitrogens is 1. The van der Waals surface area contributed by atoms with Gasteiger partial charge in [-0.2, -0.15) is 5.26 Å². The molecule has 0 aliphatic heterocycles. The number of anilines is 2. The fraction of sp³-hybridized carbons (Fsp3) is 0.0476. The molecule has 0 spiro atoms. The van der Waals surface area contributed by atoms with E-state index in [1.807, 2.05) is 31.2 Å². The van der Waals surface area contributed by atoms with E-state index in [9.17, 15) is 9.59 Å². The highest BCUT2D eigenvalue weighted by Crippen LogP contribution is 2.13. The molecule has 0 aliphatic carbocycles. The summed E-state index contributed by atoms with van der Waals surface area (Å²) in [5.41, 5.74) is 3.20. The molecule has 0 aliphatic rings. The number of nitriles is 1. The summed E-state index contributed by atoms with van der Waals surface area (Å²) in [6.45, 7) is 1.93. The van der Waals surface area contributed by atoms with E-state index in [1.54, 1.807) is 30.3 Å². The van der Waals surface area contributed by atoms with Crippen molar-refractivity contribution in [3.63, 3.8) is 0 Å². The lowest BCUT2D eigenvalue weighted by Crippen LogP contribution is -2.17. The minimum absolute atomic E-state index is 0.143. The van der Waals surface area contributed by atoms with Gasteiger partial charge in [-0.05, 0) is 61.0 Å². The van der Waals surface area contributed by atoms with Crippen LogP contribution in [0.2, 0.25) is 0 Å². The molecule has 2 aromatic carbocycles. The fourth-order valence-corrected chi connectivity index (χ4v) is 2.45. The number of hydrogen-bond acceptors (Lipinski definition) is 4. The Morgan fingerprint density at radius 2 is 1.67 bits per heavy atom. The molecular formula is C21H16N4O2. The van der Waals surface area contributed by atoms with Gasteiger partial charge in [0.1, 0.15) is 5.69 Å². The Hall–Kier alpha value is -3.98. The van der Waals surface area contributed by atoms with E-state index in [-0.39, 0.29) is 11.6 Å². The number of amides is 2. The Kier molecular flexibility index (Phi) is 5.24. The highest BCUT2D eigenvalue weighted by atomic mass is 16.2. The zero-order chi connectivity index (χ0) is 19.2. The average Bonchev–Trinajstić information content (AvgIpc) is 2.68. The maximum Gasteiger partial charge on any atom is 0.274 e. The summed E-state index contributed by atoms with van der Waals surface area (Å²) in [6, 6.07) is 18.9. The Morgan fingerprint density at radius 3 is 2.37 bits per heavy atom. The zero-order valence-corrected chi connectivity index (χ0v) is 14.6. The number of pyridine rings is 1. The minimum Gasteiger partial charge on any atom is -0.322 e. The number of nitrogens with one attached hydrogen (secondary N) is 2. The van der Waals surface area contributed by atoms with Crippen LogP contribution < -0.4 is 10.6 Å². The molecule has 1 aromatic heterocycles. The van der Waals surface area contributed by atoms with Gasteiger partial charge in [0.05, 0.1) is 11.6 Å². The van der Waals surface area contributed by atoms with Gasteiger partial charge in [-0.3, -0.25) is 14.6 Å². The molecule has 0 fully saturated rings. The van der Waals surface area contributed by atoms with E-state index in [4.69, 9.17) is 5.26 Å². The number of carbonyl (C=O) groups is 2. The SMILES string of the molecule is Cc1cccc(NC(=O)c2cc(C(=O)Nc3ccc(C#N)cc3)ccn2)c1. The molecule has 27 heavy (non-hydrogen) atoms. The topological polar surface area (TPSA) is 94.9 Å². The summed E-state index contributed by atoms with van der Waals surface area (Å²) in [6.07, 6.45) is 1.42. The highest BCUT2D eigenvalue weighted by Gasteiger charge is 2.12. The van der Waals surface area contributed by atoms with E-state index in [1.165, 1.54) is 18.3 Å². The molecule has 3 aromatic rings. The number of rotatable bonds is 4. The van der Waals surface area contributed by atoms with Crippen LogP contribution in [0, 0.1) is 18.3 Å². The maximum absolute atomic E-state index is 12.4. The third kappa shape index (κ3) is 4.55. The van der Waals surface area contributed by atoms with Crippen molar-refractivity contribution in [1.29, 1.82) is 5.26 Å². The molecule has 132 valence electrons. The van der Waals surface area contributed by atoms with Crippen LogP contribution in [0.25, 0.3) is 0 Å². The lowest BCUT2D eigenvalue weighted by atomic mass is 10.1. The quantitative estimate of drug-likeness (QED) is 0.744. The van der Waals surface area contributed by atoms with E-state index in [2.05, 4.69) is 15.6 Å². The molecule has 0 atom stereocenters. The van der Waals surface area contributed by atoms with Crippen LogP contribution >= 0.6 is 0 Å². The molecule has 0 saturated heterocycles. The van der Waals surface area contributed by atoms with Crippen molar-refractivity contribution in [2.24, 2.45) is 0 Å². The number of benzene rings is 2. The summed E-state index contributed by atoms with van der Waals surface area (Å²) in [5, 5.41) is 14.3. The second-order valence-corrected chi connectivity index (χ2v) is 5.90. The van der Waals surface area contributed by atoms with E-state index in [0.29, 0.717) is 22.5 Å². The van der Waals surface area contributed by atoms with Gasteiger partial charge in [-0.25, -0.2) is 0 Å². The predicted octanol–water partition coefficient (Wildman–Crippen LogP) is 3.77. The molecule has 0 saturated carbocycles. The van der Waals surface area contributed by atoms with Crippen molar-refractivity contribution < 1.29 is 9.59 Å². The van der Waals surface area contributed by atoms with Gasteiger partial charge in [-0.15, -0.1) is 0 Å². The molecule has 2 N–H and O–H groups in total. The molecular weight excluding hydrogens is 340 g/mol. The summed E-state index contributed by atoms with van der Waals surface area (Å²) in [7, 11) is 0. The Bertz CT molecular complexity index is 1040. The summed E-state index contributed by atoms with van der Waals surface area (Å²) in [5.74, 6) is -0.764. The lowest BCUT2D eigenvalue weighted by Gasteiger charge is -2.08. The van der Waals surface area contributed by atoms with Crippen LogP contribution in [0.15, 0.2) is 66.9 Å². The van der Waals surface area contributed by atoms with Crippen LogP contribution in [-0.4, -0.2) is 16.8 Å². The molecule has 6 heteroatoms. The van der Waals surface area contributed by atoms with Gasteiger partial charge < -0.3 is 10.6 Å². The van der Waals surface area contributed by atoms with Crippen molar-refractivity contribution in [3.05, 3.63) is 89.2 Å². The van der Waals surface area contributed by atoms with Crippen molar-refractivity contribution in [2.45, 2.75) is 6.92 Å². The third-order valence-corrected chi connectivity index (χ3v) is 3.80. The first-order valence-corrected chi connectivity index (χ1v) is 8.21. The largest absolute Gasteiger partial charge is 0.322 e. The van der Waals surface area contributed by atoms with Gasteiger partial charge >= 0.3 is 0 Å². The van der Waals surface area contributed by atoms with Gasteiger partial charge in [0.15, 0.2) is 0 Å². The molecule has 0 bridgehead atoms.